The molecule has 4 nitrogen and oxygen atoms in total. The molecule has 0 N–H and O–H groups in total. The van der Waals surface area contributed by atoms with Crippen molar-refractivity contribution in [2.24, 2.45) is 5.10 Å². The van der Waals surface area contributed by atoms with E-state index < -0.39 is 5.82 Å². The van der Waals surface area contributed by atoms with Gasteiger partial charge in [-0.25, -0.2) is 9.37 Å². The van der Waals surface area contributed by atoms with Crippen molar-refractivity contribution in [3.05, 3.63) is 75.2 Å². The minimum Gasteiger partial charge on any atom is -0.267 e. The number of benzene rings is 1. The standard InChI is InChI=1S/C17H10FN3OS2/c18-13-5-2-1-4-11(13)8-20-21-10-19-16-15(17(21)22)12(9-24-16)14-6-3-7-23-14/h1-10H/b20-8-. The average Bonchev–Trinajstić information content (AvgIpc) is 3.25. The molecule has 0 atom stereocenters. The first-order chi connectivity index (χ1) is 11.7. The lowest BCUT2D eigenvalue weighted by molar-refractivity contribution is 0.625. The lowest BCUT2D eigenvalue weighted by Crippen LogP contribution is -2.16. The highest BCUT2D eigenvalue weighted by molar-refractivity contribution is 7.18. The summed E-state index contributed by atoms with van der Waals surface area (Å²) in [6.45, 7) is 0. The molecule has 0 radical (unpaired) electrons. The second-order valence-corrected chi connectivity index (χ2v) is 6.77. The van der Waals surface area contributed by atoms with E-state index in [1.807, 2.05) is 22.9 Å². The van der Waals surface area contributed by atoms with Crippen LogP contribution in [-0.4, -0.2) is 15.9 Å². The van der Waals surface area contributed by atoms with Crippen LogP contribution in [0.1, 0.15) is 5.56 Å². The summed E-state index contributed by atoms with van der Waals surface area (Å²) in [7, 11) is 0. The molecule has 0 unspecified atom stereocenters. The van der Waals surface area contributed by atoms with Crippen LogP contribution in [-0.2, 0) is 0 Å². The Morgan fingerprint density at radius 2 is 2.04 bits per heavy atom. The normalized spacial score (nSPS) is 11.5. The van der Waals surface area contributed by atoms with Gasteiger partial charge in [-0.2, -0.15) is 9.78 Å². The van der Waals surface area contributed by atoms with Gasteiger partial charge in [0.2, 0.25) is 0 Å². The van der Waals surface area contributed by atoms with Gasteiger partial charge < -0.3 is 0 Å². The molecule has 0 bridgehead atoms. The van der Waals surface area contributed by atoms with E-state index in [-0.39, 0.29) is 5.56 Å². The second-order valence-electron chi connectivity index (χ2n) is 4.97. The summed E-state index contributed by atoms with van der Waals surface area (Å²) in [6.07, 6.45) is 2.68. The third-order valence-electron chi connectivity index (χ3n) is 3.49. The summed E-state index contributed by atoms with van der Waals surface area (Å²) >= 11 is 2.99. The van der Waals surface area contributed by atoms with E-state index in [0.29, 0.717) is 15.8 Å². The molecular weight excluding hydrogens is 345 g/mol. The molecule has 24 heavy (non-hydrogen) atoms. The van der Waals surface area contributed by atoms with Crippen LogP contribution in [0.15, 0.2) is 63.4 Å². The molecule has 0 amide bonds. The lowest BCUT2D eigenvalue weighted by Gasteiger charge is -2.00. The monoisotopic (exact) mass is 355 g/mol. The predicted octanol–water partition coefficient (Wildman–Crippen LogP) is 4.21. The number of hydrogen-bond acceptors (Lipinski definition) is 5. The maximum atomic E-state index is 13.7. The smallest absolute Gasteiger partial charge is 0.267 e. The quantitative estimate of drug-likeness (QED) is 0.517. The SMILES string of the molecule is O=c1c2c(-c3cccs3)csc2ncn1/N=C\c1ccccc1F. The summed E-state index contributed by atoms with van der Waals surface area (Å²) in [5.41, 5.74) is 0.906. The summed E-state index contributed by atoms with van der Waals surface area (Å²) in [5.74, 6) is -0.391. The molecule has 0 aliphatic rings. The third-order valence-corrected chi connectivity index (χ3v) is 5.28. The van der Waals surface area contributed by atoms with Gasteiger partial charge in [-0.15, -0.1) is 22.7 Å². The van der Waals surface area contributed by atoms with E-state index >= 15 is 0 Å². The zero-order valence-corrected chi connectivity index (χ0v) is 13.9. The van der Waals surface area contributed by atoms with Crippen LogP contribution in [0.4, 0.5) is 4.39 Å². The molecule has 118 valence electrons. The van der Waals surface area contributed by atoms with Gasteiger partial charge in [0.1, 0.15) is 17.0 Å². The molecule has 3 heterocycles. The highest BCUT2D eigenvalue weighted by atomic mass is 32.1. The zero-order chi connectivity index (χ0) is 16.5. The van der Waals surface area contributed by atoms with Gasteiger partial charge in [0.05, 0.1) is 11.6 Å². The second kappa shape index (κ2) is 6.10. The van der Waals surface area contributed by atoms with Gasteiger partial charge in [-0.3, -0.25) is 4.79 Å². The maximum Gasteiger partial charge on any atom is 0.283 e. The fourth-order valence-electron chi connectivity index (χ4n) is 2.32. The summed E-state index contributed by atoms with van der Waals surface area (Å²) in [4.78, 5) is 18.7. The first kappa shape index (κ1) is 14.9. The highest BCUT2D eigenvalue weighted by Crippen LogP contribution is 2.33. The molecular formula is C17H10FN3OS2. The van der Waals surface area contributed by atoms with Gasteiger partial charge >= 0.3 is 0 Å². The van der Waals surface area contributed by atoms with Crippen LogP contribution < -0.4 is 5.56 Å². The Morgan fingerprint density at radius 1 is 1.17 bits per heavy atom. The zero-order valence-electron chi connectivity index (χ0n) is 12.2. The Hall–Kier alpha value is -2.64. The van der Waals surface area contributed by atoms with Crippen molar-refractivity contribution < 1.29 is 4.39 Å². The van der Waals surface area contributed by atoms with Gasteiger partial charge in [0.25, 0.3) is 5.56 Å². The fourth-order valence-corrected chi connectivity index (χ4v) is 4.04. The van der Waals surface area contributed by atoms with Crippen molar-refractivity contribution in [2.75, 3.05) is 0 Å². The summed E-state index contributed by atoms with van der Waals surface area (Å²) in [6, 6.07) is 10.2. The Bertz CT molecular complexity index is 1100. The van der Waals surface area contributed by atoms with Crippen LogP contribution in [0.2, 0.25) is 0 Å². The van der Waals surface area contributed by atoms with Crippen molar-refractivity contribution in [3.8, 4) is 10.4 Å². The third kappa shape index (κ3) is 2.57. The van der Waals surface area contributed by atoms with Gasteiger partial charge in [0.15, 0.2) is 0 Å². The topological polar surface area (TPSA) is 47.2 Å². The van der Waals surface area contributed by atoms with Gasteiger partial charge in [-0.1, -0.05) is 24.3 Å². The Labute approximate surface area is 144 Å². The predicted molar refractivity (Wildman–Crippen MR) is 96.6 cm³/mol. The number of nitrogens with zero attached hydrogens (tertiary/aromatic N) is 3. The van der Waals surface area contributed by atoms with Crippen molar-refractivity contribution in [1.29, 1.82) is 0 Å². The first-order valence-corrected chi connectivity index (χ1v) is 8.81. The van der Waals surface area contributed by atoms with E-state index in [9.17, 15) is 9.18 Å². The van der Waals surface area contributed by atoms with Crippen molar-refractivity contribution in [3.63, 3.8) is 0 Å². The Morgan fingerprint density at radius 3 is 2.83 bits per heavy atom. The molecule has 7 heteroatoms. The van der Waals surface area contributed by atoms with Crippen molar-refractivity contribution >= 4 is 39.1 Å². The number of hydrogen-bond donors (Lipinski definition) is 0. The minimum atomic E-state index is -0.391. The molecule has 0 spiro atoms. The maximum absolute atomic E-state index is 13.7. The highest BCUT2D eigenvalue weighted by Gasteiger charge is 2.13. The van der Waals surface area contributed by atoms with E-state index in [4.69, 9.17) is 0 Å². The molecule has 0 saturated heterocycles. The van der Waals surface area contributed by atoms with E-state index in [1.54, 1.807) is 29.5 Å². The number of thiophene rings is 2. The van der Waals surface area contributed by atoms with Crippen LogP contribution in [0.3, 0.4) is 0 Å². The molecule has 4 aromatic rings. The first-order valence-electron chi connectivity index (χ1n) is 7.05. The summed E-state index contributed by atoms with van der Waals surface area (Å²) in [5, 5.41) is 8.50. The molecule has 3 aromatic heterocycles. The molecule has 0 aliphatic heterocycles. The van der Waals surface area contributed by atoms with E-state index in [1.165, 1.54) is 29.9 Å². The van der Waals surface area contributed by atoms with Crippen LogP contribution in [0.5, 0.6) is 0 Å². The van der Waals surface area contributed by atoms with Crippen molar-refractivity contribution in [1.82, 2.24) is 9.66 Å². The van der Waals surface area contributed by atoms with Gasteiger partial charge in [0, 0.05) is 21.4 Å². The Balaban J connectivity index is 1.83. The minimum absolute atomic E-state index is 0.266. The van der Waals surface area contributed by atoms with Crippen LogP contribution in [0.25, 0.3) is 20.7 Å². The molecule has 1 aromatic carbocycles. The number of halogens is 1. The summed E-state index contributed by atoms with van der Waals surface area (Å²) < 4.78 is 14.8. The largest absolute Gasteiger partial charge is 0.283 e. The number of aromatic nitrogens is 2. The molecule has 0 aliphatic carbocycles. The molecule has 0 saturated carbocycles. The lowest BCUT2D eigenvalue weighted by atomic mass is 10.2. The van der Waals surface area contributed by atoms with Crippen molar-refractivity contribution in [2.45, 2.75) is 0 Å². The fraction of sp³-hybridized carbons (Fsp3) is 0. The number of rotatable bonds is 3. The number of fused-ring (bicyclic) bond motifs is 1. The molecule has 4 rings (SSSR count). The average molecular weight is 355 g/mol. The van der Waals surface area contributed by atoms with Gasteiger partial charge in [-0.05, 0) is 17.5 Å². The van der Waals surface area contributed by atoms with E-state index in [0.717, 1.165) is 15.1 Å². The molecule has 0 fully saturated rings. The van der Waals surface area contributed by atoms with Crippen LogP contribution >= 0.6 is 22.7 Å². The van der Waals surface area contributed by atoms with E-state index in [2.05, 4.69) is 10.1 Å². The van der Waals surface area contributed by atoms with Crippen LogP contribution in [0, 0.1) is 5.82 Å². The Kier molecular flexibility index (Phi) is 3.79.